The van der Waals surface area contributed by atoms with Crippen molar-refractivity contribution < 1.29 is 0 Å². The summed E-state index contributed by atoms with van der Waals surface area (Å²) in [5.41, 5.74) is 2.12. The molecule has 1 nitrogen and oxygen atoms in total. The van der Waals surface area contributed by atoms with E-state index >= 15 is 0 Å². The zero-order valence-corrected chi connectivity index (χ0v) is 11.4. The molecule has 0 aliphatic heterocycles. The molecule has 94 valence electrons. The van der Waals surface area contributed by atoms with Crippen LogP contribution in [0.2, 0.25) is 0 Å². The van der Waals surface area contributed by atoms with Crippen LogP contribution in [-0.4, -0.2) is 12.1 Å². The van der Waals surface area contributed by atoms with E-state index in [1.54, 1.807) is 0 Å². The topological polar surface area (TPSA) is 12.0 Å². The predicted octanol–water partition coefficient (Wildman–Crippen LogP) is 3.89. The Morgan fingerprint density at radius 1 is 1.06 bits per heavy atom. The molecule has 0 bridgehead atoms. The van der Waals surface area contributed by atoms with E-state index in [0.29, 0.717) is 5.41 Å². The van der Waals surface area contributed by atoms with Gasteiger partial charge in [-0.15, -0.1) is 0 Å². The van der Waals surface area contributed by atoms with Gasteiger partial charge in [0.25, 0.3) is 0 Å². The fourth-order valence-corrected chi connectivity index (χ4v) is 2.85. The lowest BCUT2D eigenvalue weighted by atomic mass is 9.78. The van der Waals surface area contributed by atoms with Gasteiger partial charge in [0.2, 0.25) is 0 Å². The fraction of sp³-hybridized carbons (Fsp3) is 0.625. The molecule has 1 heteroatoms. The van der Waals surface area contributed by atoms with E-state index in [0.717, 1.165) is 6.54 Å². The molecular formula is C16H25N. The minimum absolute atomic E-state index is 0.213. The van der Waals surface area contributed by atoms with Crippen LogP contribution in [0.15, 0.2) is 30.3 Å². The summed E-state index contributed by atoms with van der Waals surface area (Å²) in [5.74, 6) is 0. The third-order valence-electron chi connectivity index (χ3n) is 3.90. The Morgan fingerprint density at radius 3 is 2.18 bits per heavy atom. The number of rotatable bonds is 3. The number of benzene rings is 1. The third kappa shape index (κ3) is 3.10. The molecule has 0 atom stereocenters. The second-order valence-electron chi connectivity index (χ2n) is 6.46. The summed E-state index contributed by atoms with van der Waals surface area (Å²) in [4.78, 5) is 0. The van der Waals surface area contributed by atoms with Crippen LogP contribution in [0.4, 0.5) is 0 Å². The molecule has 1 aromatic carbocycles. The van der Waals surface area contributed by atoms with Gasteiger partial charge in [-0.05, 0) is 39.2 Å². The molecule has 0 saturated heterocycles. The van der Waals surface area contributed by atoms with Gasteiger partial charge < -0.3 is 5.32 Å². The summed E-state index contributed by atoms with van der Waals surface area (Å²) in [5, 5.41) is 3.70. The Balaban J connectivity index is 2.16. The average Bonchev–Trinajstić information content (AvgIpc) is 2.77. The lowest BCUT2D eigenvalue weighted by Gasteiger charge is -2.34. The monoisotopic (exact) mass is 231 g/mol. The average molecular weight is 231 g/mol. The maximum Gasteiger partial charge on any atom is 0.00968 e. The van der Waals surface area contributed by atoms with E-state index in [4.69, 9.17) is 0 Å². The van der Waals surface area contributed by atoms with Gasteiger partial charge in [-0.3, -0.25) is 0 Å². The number of hydrogen-bond acceptors (Lipinski definition) is 1. The van der Waals surface area contributed by atoms with Crippen molar-refractivity contribution in [1.82, 2.24) is 5.32 Å². The number of hydrogen-bond donors (Lipinski definition) is 1. The molecule has 17 heavy (non-hydrogen) atoms. The first-order valence-corrected chi connectivity index (χ1v) is 6.82. The SMILES string of the molecule is CC(C)(C)NCC1(c2ccccc2)CCCC1. The zero-order valence-electron chi connectivity index (χ0n) is 11.4. The third-order valence-corrected chi connectivity index (χ3v) is 3.90. The van der Waals surface area contributed by atoms with Crippen LogP contribution in [0.25, 0.3) is 0 Å². The van der Waals surface area contributed by atoms with Crippen LogP contribution >= 0.6 is 0 Å². The Labute approximate surface area is 106 Å². The van der Waals surface area contributed by atoms with E-state index in [2.05, 4.69) is 56.4 Å². The Hall–Kier alpha value is -0.820. The smallest absolute Gasteiger partial charge is 0.00968 e. The lowest BCUT2D eigenvalue weighted by Crippen LogP contribution is -2.45. The van der Waals surface area contributed by atoms with E-state index in [1.807, 2.05) is 0 Å². The summed E-state index contributed by atoms with van der Waals surface area (Å²) in [6, 6.07) is 11.1. The molecule has 0 aromatic heterocycles. The highest BCUT2D eigenvalue weighted by atomic mass is 15.0. The van der Waals surface area contributed by atoms with Gasteiger partial charge in [-0.1, -0.05) is 43.2 Å². The molecule has 0 radical (unpaired) electrons. The first-order chi connectivity index (χ1) is 8.02. The number of nitrogens with one attached hydrogen (secondary N) is 1. The first kappa shape index (κ1) is 12.6. The normalized spacial score (nSPS) is 19.5. The molecule has 1 aliphatic carbocycles. The Kier molecular flexibility index (Phi) is 3.58. The zero-order chi connectivity index (χ0) is 12.4. The van der Waals surface area contributed by atoms with Gasteiger partial charge >= 0.3 is 0 Å². The van der Waals surface area contributed by atoms with Crippen LogP contribution in [0, 0.1) is 0 Å². The van der Waals surface area contributed by atoms with Crippen molar-refractivity contribution in [2.75, 3.05) is 6.54 Å². The molecule has 0 heterocycles. The van der Waals surface area contributed by atoms with Crippen molar-refractivity contribution in [1.29, 1.82) is 0 Å². The van der Waals surface area contributed by atoms with Crippen molar-refractivity contribution in [2.45, 2.75) is 57.4 Å². The van der Waals surface area contributed by atoms with Crippen molar-refractivity contribution in [3.05, 3.63) is 35.9 Å². The first-order valence-electron chi connectivity index (χ1n) is 6.82. The molecular weight excluding hydrogens is 206 g/mol. The molecule has 1 N–H and O–H groups in total. The molecule has 2 rings (SSSR count). The second-order valence-corrected chi connectivity index (χ2v) is 6.46. The van der Waals surface area contributed by atoms with Crippen molar-refractivity contribution in [3.63, 3.8) is 0 Å². The van der Waals surface area contributed by atoms with Crippen LogP contribution in [0.1, 0.15) is 52.0 Å². The molecule has 0 spiro atoms. The maximum atomic E-state index is 3.70. The van der Waals surface area contributed by atoms with E-state index in [9.17, 15) is 0 Å². The van der Waals surface area contributed by atoms with Crippen LogP contribution < -0.4 is 5.32 Å². The molecule has 0 unspecified atom stereocenters. The second kappa shape index (κ2) is 4.81. The minimum Gasteiger partial charge on any atom is -0.311 e. The van der Waals surface area contributed by atoms with Crippen molar-refractivity contribution in [2.24, 2.45) is 0 Å². The summed E-state index contributed by atoms with van der Waals surface area (Å²) in [7, 11) is 0. The molecule has 1 aromatic rings. The fourth-order valence-electron chi connectivity index (χ4n) is 2.85. The van der Waals surface area contributed by atoms with Crippen molar-refractivity contribution >= 4 is 0 Å². The molecule has 1 aliphatic rings. The van der Waals surface area contributed by atoms with Crippen LogP contribution in [-0.2, 0) is 5.41 Å². The highest BCUT2D eigenvalue weighted by molar-refractivity contribution is 5.27. The minimum atomic E-state index is 0.213. The largest absolute Gasteiger partial charge is 0.311 e. The lowest BCUT2D eigenvalue weighted by molar-refractivity contribution is 0.333. The van der Waals surface area contributed by atoms with Crippen LogP contribution in [0.5, 0.6) is 0 Å². The van der Waals surface area contributed by atoms with Gasteiger partial charge in [-0.2, -0.15) is 0 Å². The van der Waals surface area contributed by atoms with E-state index in [1.165, 1.54) is 31.2 Å². The van der Waals surface area contributed by atoms with Gasteiger partial charge in [-0.25, -0.2) is 0 Å². The van der Waals surface area contributed by atoms with E-state index in [-0.39, 0.29) is 5.54 Å². The Bertz CT molecular complexity index is 342. The van der Waals surface area contributed by atoms with Gasteiger partial charge in [0, 0.05) is 17.5 Å². The maximum absolute atomic E-state index is 3.70. The summed E-state index contributed by atoms with van der Waals surface area (Å²) in [6.45, 7) is 7.86. The molecule has 1 fully saturated rings. The highest BCUT2D eigenvalue weighted by Crippen LogP contribution is 2.40. The van der Waals surface area contributed by atoms with Gasteiger partial charge in [0.15, 0.2) is 0 Å². The quantitative estimate of drug-likeness (QED) is 0.832. The summed E-state index contributed by atoms with van der Waals surface area (Å²) < 4.78 is 0. The van der Waals surface area contributed by atoms with E-state index < -0.39 is 0 Å². The van der Waals surface area contributed by atoms with Crippen LogP contribution in [0.3, 0.4) is 0 Å². The van der Waals surface area contributed by atoms with Gasteiger partial charge in [0.05, 0.1) is 0 Å². The van der Waals surface area contributed by atoms with Crippen molar-refractivity contribution in [3.8, 4) is 0 Å². The standard InChI is InChI=1S/C16H25N/c1-15(2,3)17-13-16(11-7-8-12-16)14-9-5-4-6-10-14/h4-6,9-10,17H,7-8,11-13H2,1-3H3. The molecule has 1 saturated carbocycles. The predicted molar refractivity (Wildman–Crippen MR) is 74.3 cm³/mol. The van der Waals surface area contributed by atoms with Gasteiger partial charge in [0.1, 0.15) is 0 Å². The Morgan fingerprint density at radius 2 is 1.65 bits per heavy atom. The highest BCUT2D eigenvalue weighted by Gasteiger charge is 2.35. The summed E-state index contributed by atoms with van der Waals surface area (Å²) in [6.07, 6.45) is 5.42. The molecule has 0 amide bonds. The summed E-state index contributed by atoms with van der Waals surface area (Å²) >= 11 is 0.